The van der Waals surface area contributed by atoms with Crippen LogP contribution in [0.3, 0.4) is 0 Å². The lowest BCUT2D eigenvalue weighted by Crippen LogP contribution is -2.24. The van der Waals surface area contributed by atoms with Crippen LogP contribution in [-0.2, 0) is 4.79 Å². The molecule has 1 aromatic carbocycles. The molecule has 1 saturated heterocycles. The van der Waals surface area contributed by atoms with E-state index >= 15 is 0 Å². The van der Waals surface area contributed by atoms with Crippen molar-refractivity contribution in [2.75, 3.05) is 25.7 Å². The number of nitrogens with zero attached hydrogens (tertiary/aromatic N) is 3. The second kappa shape index (κ2) is 5.43. The Kier molecular flexibility index (Phi) is 3.47. The zero-order valence-corrected chi connectivity index (χ0v) is 11.8. The highest BCUT2D eigenvalue weighted by molar-refractivity contribution is 5.96. The SMILES string of the molecule is COc1ccc(N2CC(c3ncon3)CC2=O)cc1OC. The molecule has 7 heteroatoms. The molecule has 1 unspecified atom stereocenters. The molecule has 2 heterocycles. The molecule has 0 radical (unpaired) electrons. The van der Waals surface area contributed by atoms with E-state index in [1.165, 1.54) is 6.39 Å². The summed E-state index contributed by atoms with van der Waals surface area (Å²) < 4.78 is 15.2. The molecule has 7 nitrogen and oxygen atoms in total. The van der Waals surface area contributed by atoms with Crippen molar-refractivity contribution < 1.29 is 18.8 Å². The molecule has 3 rings (SSSR count). The van der Waals surface area contributed by atoms with Crippen LogP contribution in [0.1, 0.15) is 18.2 Å². The maximum atomic E-state index is 12.2. The van der Waals surface area contributed by atoms with Gasteiger partial charge in [0.15, 0.2) is 17.3 Å². The van der Waals surface area contributed by atoms with E-state index < -0.39 is 0 Å². The summed E-state index contributed by atoms with van der Waals surface area (Å²) in [6.45, 7) is 0.522. The maximum absolute atomic E-state index is 12.2. The molecular weight excluding hydrogens is 274 g/mol. The van der Waals surface area contributed by atoms with Gasteiger partial charge in [0, 0.05) is 30.6 Å². The number of methoxy groups -OCH3 is 2. The van der Waals surface area contributed by atoms with E-state index in [1.54, 1.807) is 31.3 Å². The number of hydrogen-bond donors (Lipinski definition) is 0. The zero-order valence-electron chi connectivity index (χ0n) is 11.8. The molecule has 0 N–H and O–H groups in total. The van der Waals surface area contributed by atoms with Crippen molar-refractivity contribution in [2.45, 2.75) is 12.3 Å². The van der Waals surface area contributed by atoms with Crippen molar-refractivity contribution in [3.8, 4) is 11.5 Å². The number of amides is 1. The number of ether oxygens (including phenoxy) is 2. The average Bonchev–Trinajstić information content (AvgIpc) is 3.15. The van der Waals surface area contributed by atoms with Crippen LogP contribution in [0.4, 0.5) is 5.69 Å². The smallest absolute Gasteiger partial charge is 0.227 e. The monoisotopic (exact) mass is 289 g/mol. The van der Waals surface area contributed by atoms with Gasteiger partial charge in [0.1, 0.15) is 0 Å². The van der Waals surface area contributed by atoms with Crippen LogP contribution in [0, 0.1) is 0 Å². The summed E-state index contributed by atoms with van der Waals surface area (Å²) in [7, 11) is 3.14. The van der Waals surface area contributed by atoms with Crippen molar-refractivity contribution in [3.05, 3.63) is 30.4 Å². The Morgan fingerprint density at radius 2 is 2.10 bits per heavy atom. The third kappa shape index (κ3) is 2.42. The first-order valence-corrected chi connectivity index (χ1v) is 6.51. The van der Waals surface area contributed by atoms with Crippen LogP contribution in [-0.4, -0.2) is 36.8 Å². The first-order chi connectivity index (χ1) is 10.2. The number of rotatable bonds is 4. The number of anilines is 1. The highest BCUT2D eigenvalue weighted by Gasteiger charge is 2.34. The number of benzene rings is 1. The van der Waals surface area contributed by atoms with E-state index in [2.05, 4.69) is 10.1 Å². The highest BCUT2D eigenvalue weighted by atomic mass is 16.5. The summed E-state index contributed by atoms with van der Waals surface area (Å²) in [5, 5.41) is 3.81. The Hall–Kier alpha value is -2.57. The Bertz CT molecular complexity index is 642. The molecule has 0 saturated carbocycles. The molecule has 0 aliphatic carbocycles. The number of hydrogen-bond acceptors (Lipinski definition) is 6. The van der Waals surface area contributed by atoms with Gasteiger partial charge in [0.2, 0.25) is 12.3 Å². The molecule has 1 aromatic heterocycles. The van der Waals surface area contributed by atoms with Gasteiger partial charge in [-0.05, 0) is 12.1 Å². The van der Waals surface area contributed by atoms with Crippen LogP contribution >= 0.6 is 0 Å². The van der Waals surface area contributed by atoms with Gasteiger partial charge in [-0.1, -0.05) is 5.16 Å². The lowest BCUT2D eigenvalue weighted by atomic mass is 10.1. The van der Waals surface area contributed by atoms with E-state index in [0.29, 0.717) is 30.3 Å². The quantitative estimate of drug-likeness (QED) is 0.851. The second-order valence-corrected chi connectivity index (χ2v) is 4.73. The minimum absolute atomic E-state index is 0.0250. The molecule has 0 bridgehead atoms. The normalized spacial score (nSPS) is 18.1. The number of carbonyl (C=O) groups excluding carboxylic acids is 1. The van der Waals surface area contributed by atoms with Gasteiger partial charge in [-0.3, -0.25) is 4.79 Å². The molecule has 1 aliphatic rings. The molecule has 2 aromatic rings. The molecule has 1 atom stereocenters. The standard InChI is InChI=1S/C14H15N3O4/c1-19-11-4-3-10(6-12(11)20-2)17-7-9(5-13(17)18)14-15-8-21-16-14/h3-4,6,8-9H,5,7H2,1-2H3. The first kappa shape index (κ1) is 13.4. The fourth-order valence-electron chi connectivity index (χ4n) is 2.48. The van der Waals surface area contributed by atoms with Crippen LogP contribution in [0.15, 0.2) is 29.1 Å². The first-order valence-electron chi connectivity index (χ1n) is 6.51. The average molecular weight is 289 g/mol. The van der Waals surface area contributed by atoms with Crippen molar-refractivity contribution in [1.82, 2.24) is 10.1 Å². The van der Waals surface area contributed by atoms with E-state index in [9.17, 15) is 4.79 Å². The Morgan fingerprint density at radius 1 is 1.29 bits per heavy atom. The van der Waals surface area contributed by atoms with Gasteiger partial charge in [-0.2, -0.15) is 4.98 Å². The Balaban J connectivity index is 1.85. The summed E-state index contributed by atoms with van der Waals surface area (Å²) in [6, 6.07) is 5.40. The summed E-state index contributed by atoms with van der Waals surface area (Å²) in [6.07, 6.45) is 1.65. The van der Waals surface area contributed by atoms with Gasteiger partial charge in [-0.15, -0.1) is 0 Å². The van der Waals surface area contributed by atoms with Crippen LogP contribution < -0.4 is 14.4 Å². The molecular formula is C14H15N3O4. The molecule has 1 fully saturated rings. The summed E-state index contributed by atoms with van der Waals surface area (Å²) in [5.74, 6) is 1.75. The van der Waals surface area contributed by atoms with E-state index in [-0.39, 0.29) is 11.8 Å². The fraction of sp³-hybridized carbons (Fsp3) is 0.357. The fourth-order valence-corrected chi connectivity index (χ4v) is 2.48. The van der Waals surface area contributed by atoms with Crippen molar-refractivity contribution in [1.29, 1.82) is 0 Å². The Morgan fingerprint density at radius 3 is 2.76 bits per heavy atom. The predicted octanol–water partition coefficient (Wildman–Crippen LogP) is 1.61. The minimum Gasteiger partial charge on any atom is -0.493 e. The van der Waals surface area contributed by atoms with Gasteiger partial charge < -0.3 is 18.9 Å². The summed E-state index contributed by atoms with van der Waals surface area (Å²) >= 11 is 0. The number of carbonyl (C=O) groups is 1. The third-order valence-electron chi connectivity index (χ3n) is 3.55. The van der Waals surface area contributed by atoms with Gasteiger partial charge >= 0.3 is 0 Å². The molecule has 110 valence electrons. The second-order valence-electron chi connectivity index (χ2n) is 4.73. The molecule has 21 heavy (non-hydrogen) atoms. The topological polar surface area (TPSA) is 77.7 Å². The molecule has 1 aliphatic heterocycles. The number of aromatic nitrogens is 2. The summed E-state index contributed by atoms with van der Waals surface area (Å²) in [5.41, 5.74) is 0.767. The van der Waals surface area contributed by atoms with Crippen molar-refractivity contribution in [3.63, 3.8) is 0 Å². The minimum atomic E-state index is -0.0515. The van der Waals surface area contributed by atoms with Gasteiger partial charge in [-0.25, -0.2) is 0 Å². The third-order valence-corrected chi connectivity index (χ3v) is 3.55. The van der Waals surface area contributed by atoms with Gasteiger partial charge in [0.25, 0.3) is 0 Å². The molecule has 1 amide bonds. The highest BCUT2D eigenvalue weighted by Crippen LogP contribution is 2.35. The zero-order chi connectivity index (χ0) is 14.8. The van der Waals surface area contributed by atoms with E-state index in [4.69, 9.17) is 14.0 Å². The Labute approximate surface area is 121 Å². The largest absolute Gasteiger partial charge is 0.493 e. The van der Waals surface area contributed by atoms with Crippen LogP contribution in [0.25, 0.3) is 0 Å². The lowest BCUT2D eigenvalue weighted by Gasteiger charge is -2.18. The van der Waals surface area contributed by atoms with Crippen molar-refractivity contribution >= 4 is 11.6 Å². The summed E-state index contributed by atoms with van der Waals surface area (Å²) in [4.78, 5) is 17.9. The van der Waals surface area contributed by atoms with Crippen LogP contribution in [0.2, 0.25) is 0 Å². The van der Waals surface area contributed by atoms with E-state index in [1.807, 2.05) is 6.07 Å². The molecule has 0 spiro atoms. The lowest BCUT2D eigenvalue weighted by molar-refractivity contribution is -0.117. The maximum Gasteiger partial charge on any atom is 0.227 e. The van der Waals surface area contributed by atoms with Crippen LogP contribution in [0.5, 0.6) is 11.5 Å². The predicted molar refractivity (Wildman–Crippen MR) is 73.6 cm³/mol. The van der Waals surface area contributed by atoms with Crippen molar-refractivity contribution in [2.24, 2.45) is 0 Å². The van der Waals surface area contributed by atoms with Gasteiger partial charge in [0.05, 0.1) is 14.2 Å². The van der Waals surface area contributed by atoms with E-state index in [0.717, 1.165) is 5.69 Å².